The summed E-state index contributed by atoms with van der Waals surface area (Å²) in [7, 11) is 0. The number of hydrogen-bond acceptors (Lipinski definition) is 3. The van der Waals surface area contributed by atoms with Gasteiger partial charge in [-0.2, -0.15) is 10.1 Å². The number of rotatable bonds is 4. The van der Waals surface area contributed by atoms with Gasteiger partial charge in [-0.25, -0.2) is 14.8 Å². The number of anilines is 2. The summed E-state index contributed by atoms with van der Waals surface area (Å²) in [6.07, 6.45) is 2.97. The van der Waals surface area contributed by atoms with Gasteiger partial charge in [0.2, 0.25) is 5.95 Å². The number of aromatic amines is 1. The van der Waals surface area contributed by atoms with Crippen LogP contribution in [-0.2, 0) is 12.8 Å². The summed E-state index contributed by atoms with van der Waals surface area (Å²) < 4.78 is 0. The standard InChI is InChI=1S/C13H17N5O/c1-3-9-6-5-7-10(4-2)11(9)18(12(14)19)13-15-8-16-17-13/h5-8H,3-4H2,1-2H3,(H2,14,19)(H,15,16,17). The predicted octanol–water partition coefficient (Wildman–Crippen LogP) is 2.15. The first-order valence-corrected chi connectivity index (χ1v) is 6.24. The van der Waals surface area contributed by atoms with Gasteiger partial charge in [0.15, 0.2) is 0 Å². The Morgan fingerprint density at radius 3 is 2.37 bits per heavy atom. The molecular formula is C13H17N5O. The van der Waals surface area contributed by atoms with Gasteiger partial charge in [0.25, 0.3) is 0 Å². The van der Waals surface area contributed by atoms with Crippen molar-refractivity contribution in [2.45, 2.75) is 26.7 Å². The van der Waals surface area contributed by atoms with E-state index in [0.29, 0.717) is 5.95 Å². The van der Waals surface area contributed by atoms with E-state index in [1.165, 1.54) is 11.2 Å². The van der Waals surface area contributed by atoms with E-state index in [2.05, 4.69) is 15.2 Å². The van der Waals surface area contributed by atoms with Crippen molar-refractivity contribution >= 4 is 17.7 Å². The van der Waals surface area contributed by atoms with Crippen molar-refractivity contribution in [2.75, 3.05) is 4.90 Å². The summed E-state index contributed by atoms with van der Waals surface area (Å²) in [6, 6.07) is 5.38. The number of nitrogens with two attached hydrogens (primary N) is 1. The van der Waals surface area contributed by atoms with Gasteiger partial charge in [0.05, 0.1) is 5.69 Å². The van der Waals surface area contributed by atoms with E-state index in [0.717, 1.165) is 29.7 Å². The van der Waals surface area contributed by atoms with Gasteiger partial charge in [-0.15, -0.1) is 0 Å². The monoisotopic (exact) mass is 259 g/mol. The van der Waals surface area contributed by atoms with Crippen LogP contribution >= 0.6 is 0 Å². The number of carbonyl (C=O) groups is 1. The van der Waals surface area contributed by atoms with Crippen LogP contribution in [0.2, 0.25) is 0 Å². The fourth-order valence-electron chi connectivity index (χ4n) is 2.13. The van der Waals surface area contributed by atoms with Gasteiger partial charge >= 0.3 is 6.03 Å². The molecule has 1 heterocycles. The minimum absolute atomic E-state index is 0.336. The van der Waals surface area contributed by atoms with E-state index >= 15 is 0 Å². The lowest BCUT2D eigenvalue weighted by Crippen LogP contribution is -2.33. The third-order valence-electron chi connectivity index (χ3n) is 3.02. The van der Waals surface area contributed by atoms with E-state index in [1.807, 2.05) is 32.0 Å². The number of H-pyrrole nitrogens is 1. The Balaban J connectivity index is 2.62. The Morgan fingerprint density at radius 1 is 1.32 bits per heavy atom. The predicted molar refractivity (Wildman–Crippen MR) is 73.3 cm³/mol. The normalized spacial score (nSPS) is 10.4. The van der Waals surface area contributed by atoms with Crippen LogP contribution in [0.4, 0.5) is 16.4 Å². The average Bonchev–Trinajstić information content (AvgIpc) is 2.92. The maximum absolute atomic E-state index is 11.8. The lowest BCUT2D eigenvalue weighted by Gasteiger charge is -2.23. The van der Waals surface area contributed by atoms with Crippen molar-refractivity contribution in [3.8, 4) is 0 Å². The summed E-state index contributed by atoms with van der Waals surface area (Å²) in [5.74, 6) is 0.336. The lowest BCUT2D eigenvalue weighted by molar-refractivity contribution is 0.255. The minimum atomic E-state index is -0.577. The third-order valence-corrected chi connectivity index (χ3v) is 3.02. The zero-order valence-corrected chi connectivity index (χ0v) is 11.1. The van der Waals surface area contributed by atoms with Gasteiger partial charge in [0.1, 0.15) is 6.33 Å². The molecule has 0 atom stereocenters. The number of nitrogens with one attached hydrogen (secondary N) is 1. The molecule has 1 aromatic heterocycles. The molecule has 100 valence electrons. The molecular weight excluding hydrogens is 242 g/mol. The molecule has 3 N–H and O–H groups in total. The minimum Gasteiger partial charge on any atom is -0.351 e. The molecule has 6 heteroatoms. The highest BCUT2D eigenvalue weighted by Crippen LogP contribution is 2.30. The highest BCUT2D eigenvalue weighted by molar-refractivity contribution is 5.98. The Morgan fingerprint density at radius 2 is 1.95 bits per heavy atom. The number of aromatic nitrogens is 3. The molecule has 2 amide bonds. The molecule has 19 heavy (non-hydrogen) atoms. The van der Waals surface area contributed by atoms with E-state index in [4.69, 9.17) is 5.73 Å². The molecule has 0 aliphatic rings. The smallest absolute Gasteiger partial charge is 0.326 e. The Hall–Kier alpha value is -2.37. The summed E-state index contributed by atoms with van der Waals surface area (Å²) in [5.41, 5.74) is 8.41. The molecule has 0 bridgehead atoms. The second-order valence-corrected chi connectivity index (χ2v) is 4.11. The van der Waals surface area contributed by atoms with Crippen molar-refractivity contribution < 1.29 is 4.79 Å². The van der Waals surface area contributed by atoms with Crippen molar-refractivity contribution in [1.82, 2.24) is 15.2 Å². The Kier molecular flexibility index (Phi) is 3.79. The number of urea groups is 1. The van der Waals surface area contributed by atoms with Crippen LogP contribution < -0.4 is 10.6 Å². The van der Waals surface area contributed by atoms with Crippen LogP contribution in [0.15, 0.2) is 24.5 Å². The summed E-state index contributed by atoms with van der Waals surface area (Å²) >= 11 is 0. The van der Waals surface area contributed by atoms with Gasteiger partial charge in [-0.3, -0.25) is 0 Å². The number of para-hydroxylation sites is 1. The molecule has 2 rings (SSSR count). The highest BCUT2D eigenvalue weighted by Gasteiger charge is 2.22. The summed E-state index contributed by atoms with van der Waals surface area (Å²) in [4.78, 5) is 17.2. The van der Waals surface area contributed by atoms with E-state index < -0.39 is 6.03 Å². The fourth-order valence-corrected chi connectivity index (χ4v) is 2.13. The van der Waals surface area contributed by atoms with Crippen LogP contribution in [0.5, 0.6) is 0 Å². The number of primary amides is 1. The largest absolute Gasteiger partial charge is 0.351 e. The van der Waals surface area contributed by atoms with Crippen LogP contribution in [0.1, 0.15) is 25.0 Å². The molecule has 0 spiro atoms. The zero-order chi connectivity index (χ0) is 13.8. The van der Waals surface area contributed by atoms with Gasteiger partial charge < -0.3 is 5.73 Å². The second kappa shape index (κ2) is 5.51. The van der Waals surface area contributed by atoms with E-state index in [9.17, 15) is 4.79 Å². The molecule has 0 aliphatic heterocycles. The number of nitrogens with zero attached hydrogens (tertiary/aromatic N) is 3. The molecule has 1 aromatic carbocycles. The maximum atomic E-state index is 11.8. The van der Waals surface area contributed by atoms with Crippen molar-refractivity contribution in [1.29, 1.82) is 0 Å². The molecule has 0 saturated heterocycles. The molecule has 0 fully saturated rings. The number of amides is 2. The van der Waals surface area contributed by atoms with E-state index in [-0.39, 0.29) is 0 Å². The molecule has 0 unspecified atom stereocenters. The number of carbonyl (C=O) groups excluding carboxylic acids is 1. The van der Waals surface area contributed by atoms with Gasteiger partial charge in [0, 0.05) is 0 Å². The van der Waals surface area contributed by atoms with Gasteiger partial charge in [-0.05, 0) is 24.0 Å². The van der Waals surface area contributed by atoms with E-state index in [1.54, 1.807) is 0 Å². The Bertz CT molecular complexity index is 542. The topological polar surface area (TPSA) is 87.9 Å². The first-order valence-electron chi connectivity index (χ1n) is 6.24. The first kappa shape index (κ1) is 13.1. The third kappa shape index (κ3) is 2.42. The first-order chi connectivity index (χ1) is 9.19. The maximum Gasteiger partial charge on any atom is 0.326 e. The average molecular weight is 259 g/mol. The Labute approximate surface area is 111 Å². The second-order valence-electron chi connectivity index (χ2n) is 4.11. The van der Waals surface area contributed by atoms with Crippen LogP contribution in [-0.4, -0.2) is 21.2 Å². The molecule has 0 radical (unpaired) electrons. The van der Waals surface area contributed by atoms with Crippen LogP contribution in [0.25, 0.3) is 0 Å². The van der Waals surface area contributed by atoms with Crippen molar-refractivity contribution in [3.63, 3.8) is 0 Å². The zero-order valence-electron chi connectivity index (χ0n) is 11.1. The molecule has 6 nitrogen and oxygen atoms in total. The number of hydrogen-bond donors (Lipinski definition) is 2. The van der Waals surface area contributed by atoms with Crippen molar-refractivity contribution in [3.05, 3.63) is 35.7 Å². The summed E-state index contributed by atoms with van der Waals surface area (Å²) in [6.45, 7) is 4.08. The number of benzene rings is 1. The summed E-state index contributed by atoms with van der Waals surface area (Å²) in [5, 5.41) is 6.46. The quantitative estimate of drug-likeness (QED) is 0.881. The van der Waals surface area contributed by atoms with Gasteiger partial charge in [-0.1, -0.05) is 32.0 Å². The van der Waals surface area contributed by atoms with Crippen LogP contribution in [0, 0.1) is 0 Å². The molecule has 0 saturated carbocycles. The molecule has 2 aromatic rings. The fraction of sp³-hybridized carbons (Fsp3) is 0.308. The highest BCUT2D eigenvalue weighted by atomic mass is 16.2. The number of aryl methyl sites for hydroxylation is 2. The molecule has 0 aliphatic carbocycles. The SMILES string of the molecule is CCc1cccc(CC)c1N(C(N)=O)c1ncn[nH]1. The lowest BCUT2D eigenvalue weighted by atomic mass is 10.0. The van der Waals surface area contributed by atoms with Crippen LogP contribution in [0.3, 0.4) is 0 Å². The van der Waals surface area contributed by atoms with Crippen molar-refractivity contribution in [2.24, 2.45) is 5.73 Å².